The number of aryl methyl sites for hydroxylation is 1. The number of anilines is 2. The van der Waals surface area contributed by atoms with Gasteiger partial charge in [-0.25, -0.2) is 9.97 Å². The summed E-state index contributed by atoms with van der Waals surface area (Å²) < 4.78 is 5.46. The zero-order valence-electron chi connectivity index (χ0n) is 16.4. The maximum Gasteiger partial charge on any atom is 0.272 e. The van der Waals surface area contributed by atoms with Crippen molar-refractivity contribution in [2.45, 2.75) is 52.5 Å². The van der Waals surface area contributed by atoms with E-state index in [1.165, 1.54) is 6.42 Å². The third kappa shape index (κ3) is 4.76. The number of nitrogens with zero attached hydrogens (tertiary/aromatic N) is 3. The number of amides is 1. The smallest absolute Gasteiger partial charge is 0.272 e. The second kappa shape index (κ2) is 8.84. The van der Waals surface area contributed by atoms with Crippen molar-refractivity contribution in [2.75, 3.05) is 18.5 Å². The van der Waals surface area contributed by atoms with Crippen LogP contribution in [0.15, 0.2) is 30.3 Å². The van der Waals surface area contributed by atoms with Crippen molar-refractivity contribution in [2.24, 2.45) is 0 Å². The molecule has 0 spiro atoms. The molecule has 1 aromatic carbocycles. The van der Waals surface area contributed by atoms with Crippen molar-refractivity contribution in [3.8, 4) is 5.75 Å². The number of rotatable bonds is 6. The van der Waals surface area contributed by atoms with Gasteiger partial charge in [-0.05, 0) is 63.8 Å². The highest BCUT2D eigenvalue weighted by atomic mass is 16.5. The summed E-state index contributed by atoms with van der Waals surface area (Å²) in [4.78, 5) is 23.8. The van der Waals surface area contributed by atoms with E-state index in [1.54, 1.807) is 6.07 Å². The molecular formula is C21H28N4O2. The van der Waals surface area contributed by atoms with Crippen LogP contribution in [0.5, 0.6) is 5.75 Å². The maximum atomic E-state index is 13.0. The first-order chi connectivity index (χ1) is 13.1. The minimum atomic E-state index is 0.00166. The van der Waals surface area contributed by atoms with E-state index < -0.39 is 0 Å². The second-order valence-electron chi connectivity index (χ2n) is 6.82. The van der Waals surface area contributed by atoms with Gasteiger partial charge in [0.15, 0.2) is 0 Å². The van der Waals surface area contributed by atoms with Gasteiger partial charge < -0.3 is 15.0 Å². The van der Waals surface area contributed by atoms with Gasteiger partial charge >= 0.3 is 0 Å². The maximum absolute atomic E-state index is 13.0. The van der Waals surface area contributed by atoms with E-state index >= 15 is 0 Å². The number of hydrogen-bond acceptors (Lipinski definition) is 5. The first-order valence-corrected chi connectivity index (χ1v) is 9.77. The number of nitrogens with one attached hydrogen (secondary N) is 1. The van der Waals surface area contributed by atoms with Crippen LogP contribution in [-0.2, 0) is 0 Å². The van der Waals surface area contributed by atoms with Gasteiger partial charge in [0, 0.05) is 24.3 Å². The molecule has 144 valence electrons. The van der Waals surface area contributed by atoms with Crippen molar-refractivity contribution in [3.63, 3.8) is 0 Å². The van der Waals surface area contributed by atoms with Gasteiger partial charge in [-0.3, -0.25) is 4.79 Å². The number of benzene rings is 1. The monoisotopic (exact) mass is 368 g/mol. The number of carbonyl (C=O) groups excluding carboxylic acids is 1. The predicted molar refractivity (Wildman–Crippen MR) is 107 cm³/mol. The Balaban J connectivity index is 1.78. The molecule has 1 aliphatic heterocycles. The highest BCUT2D eigenvalue weighted by molar-refractivity contribution is 5.93. The standard InChI is InChI=1S/C21H28N4O2/c1-4-17-8-6-7-13-25(17)21(26)19-14-20(23-15(3)22-19)24-16-9-11-18(12-10-16)27-5-2/h9-12,14,17H,4-8,13H2,1-3H3,(H,22,23,24). The first-order valence-electron chi connectivity index (χ1n) is 9.77. The molecular weight excluding hydrogens is 340 g/mol. The van der Waals surface area contributed by atoms with Crippen LogP contribution < -0.4 is 10.1 Å². The Bertz CT molecular complexity index is 776. The van der Waals surface area contributed by atoms with Crippen molar-refractivity contribution in [1.82, 2.24) is 14.9 Å². The Morgan fingerprint density at radius 3 is 2.70 bits per heavy atom. The molecule has 6 nitrogen and oxygen atoms in total. The minimum Gasteiger partial charge on any atom is -0.494 e. The van der Waals surface area contributed by atoms with Crippen molar-refractivity contribution >= 4 is 17.4 Å². The molecule has 3 rings (SSSR count). The quantitative estimate of drug-likeness (QED) is 0.822. The van der Waals surface area contributed by atoms with E-state index in [-0.39, 0.29) is 5.91 Å². The van der Waals surface area contributed by atoms with Crippen LogP contribution in [0.1, 0.15) is 55.8 Å². The van der Waals surface area contributed by atoms with Gasteiger partial charge in [0.05, 0.1) is 6.61 Å². The molecule has 27 heavy (non-hydrogen) atoms. The second-order valence-corrected chi connectivity index (χ2v) is 6.82. The highest BCUT2D eigenvalue weighted by Gasteiger charge is 2.27. The third-order valence-electron chi connectivity index (χ3n) is 4.85. The average molecular weight is 368 g/mol. The lowest BCUT2D eigenvalue weighted by Crippen LogP contribution is -2.43. The molecule has 1 fully saturated rings. The van der Waals surface area contributed by atoms with E-state index in [9.17, 15) is 4.79 Å². The van der Waals surface area contributed by atoms with E-state index in [1.807, 2.05) is 43.0 Å². The molecule has 2 heterocycles. The highest BCUT2D eigenvalue weighted by Crippen LogP contribution is 2.23. The number of likely N-dealkylation sites (tertiary alicyclic amines) is 1. The summed E-state index contributed by atoms with van der Waals surface area (Å²) in [6.45, 7) is 7.36. The summed E-state index contributed by atoms with van der Waals surface area (Å²) in [5.74, 6) is 2.04. The van der Waals surface area contributed by atoms with E-state index in [0.29, 0.717) is 30.0 Å². The molecule has 1 amide bonds. The van der Waals surface area contributed by atoms with Crippen LogP contribution in [0.2, 0.25) is 0 Å². The zero-order valence-corrected chi connectivity index (χ0v) is 16.4. The number of ether oxygens (including phenoxy) is 1. The fourth-order valence-electron chi connectivity index (χ4n) is 3.53. The van der Waals surface area contributed by atoms with Gasteiger partial charge in [0.2, 0.25) is 0 Å². The van der Waals surface area contributed by atoms with Gasteiger partial charge in [-0.15, -0.1) is 0 Å². The van der Waals surface area contributed by atoms with Crippen molar-refractivity contribution < 1.29 is 9.53 Å². The largest absolute Gasteiger partial charge is 0.494 e. The van der Waals surface area contributed by atoms with E-state index in [2.05, 4.69) is 22.2 Å². The molecule has 1 aromatic heterocycles. The normalized spacial score (nSPS) is 16.9. The molecule has 0 aliphatic carbocycles. The Morgan fingerprint density at radius 2 is 2.00 bits per heavy atom. The van der Waals surface area contributed by atoms with E-state index in [4.69, 9.17) is 4.74 Å². The topological polar surface area (TPSA) is 67.3 Å². The SMILES string of the molecule is CCOc1ccc(Nc2cc(C(=O)N3CCCCC3CC)nc(C)n2)cc1. The van der Waals surface area contributed by atoms with Crippen LogP contribution in [0.3, 0.4) is 0 Å². The van der Waals surface area contributed by atoms with Gasteiger partial charge in [0.25, 0.3) is 5.91 Å². The molecule has 1 atom stereocenters. The number of carbonyl (C=O) groups is 1. The summed E-state index contributed by atoms with van der Waals surface area (Å²) in [6, 6.07) is 9.73. The number of aromatic nitrogens is 2. The summed E-state index contributed by atoms with van der Waals surface area (Å²) in [5, 5.41) is 3.26. The molecule has 0 saturated carbocycles. The minimum absolute atomic E-state index is 0.00166. The number of piperidine rings is 1. The van der Waals surface area contributed by atoms with Crippen molar-refractivity contribution in [1.29, 1.82) is 0 Å². The lowest BCUT2D eigenvalue weighted by molar-refractivity contribution is 0.0601. The molecule has 1 aliphatic rings. The summed E-state index contributed by atoms with van der Waals surface area (Å²) >= 11 is 0. The Hall–Kier alpha value is -2.63. The van der Waals surface area contributed by atoms with Crippen LogP contribution in [-0.4, -0.2) is 40.0 Å². The number of hydrogen-bond donors (Lipinski definition) is 1. The lowest BCUT2D eigenvalue weighted by atomic mass is 9.99. The van der Waals surface area contributed by atoms with Crippen molar-refractivity contribution in [3.05, 3.63) is 41.9 Å². The Morgan fingerprint density at radius 1 is 1.22 bits per heavy atom. The Labute approximate surface area is 161 Å². The average Bonchev–Trinajstić information content (AvgIpc) is 2.68. The molecule has 1 N–H and O–H groups in total. The molecule has 0 radical (unpaired) electrons. The summed E-state index contributed by atoms with van der Waals surface area (Å²) in [7, 11) is 0. The fraction of sp³-hybridized carbons (Fsp3) is 0.476. The summed E-state index contributed by atoms with van der Waals surface area (Å²) in [6.07, 6.45) is 4.30. The van der Waals surface area contributed by atoms with Gasteiger partial charge in [0.1, 0.15) is 23.1 Å². The molecule has 0 bridgehead atoms. The van der Waals surface area contributed by atoms with Crippen LogP contribution in [0, 0.1) is 6.92 Å². The summed E-state index contributed by atoms with van der Waals surface area (Å²) in [5.41, 5.74) is 1.34. The Kier molecular flexibility index (Phi) is 6.27. The molecule has 1 saturated heterocycles. The fourth-order valence-corrected chi connectivity index (χ4v) is 3.53. The van der Waals surface area contributed by atoms with Crippen LogP contribution in [0.25, 0.3) is 0 Å². The lowest BCUT2D eigenvalue weighted by Gasteiger charge is -2.35. The van der Waals surface area contributed by atoms with Gasteiger partial charge in [-0.1, -0.05) is 6.92 Å². The predicted octanol–water partition coefficient (Wildman–Crippen LogP) is 4.33. The van der Waals surface area contributed by atoms with Crippen LogP contribution in [0.4, 0.5) is 11.5 Å². The van der Waals surface area contributed by atoms with E-state index in [0.717, 1.165) is 37.2 Å². The van der Waals surface area contributed by atoms with Gasteiger partial charge in [-0.2, -0.15) is 0 Å². The molecule has 1 unspecified atom stereocenters. The first kappa shape index (κ1) is 19.1. The zero-order chi connectivity index (χ0) is 19.2. The third-order valence-corrected chi connectivity index (χ3v) is 4.85. The molecule has 2 aromatic rings. The molecule has 6 heteroatoms. The van der Waals surface area contributed by atoms with Crippen LogP contribution >= 0.6 is 0 Å².